The Hall–Kier alpha value is -2.20. The Morgan fingerprint density at radius 1 is 1.29 bits per heavy atom. The van der Waals surface area contributed by atoms with Gasteiger partial charge in [-0.05, 0) is 42.3 Å². The molecule has 0 heterocycles. The molecule has 1 atom stereocenters. The van der Waals surface area contributed by atoms with Gasteiger partial charge >= 0.3 is 5.97 Å². The minimum Gasteiger partial charge on any atom is -0.496 e. The van der Waals surface area contributed by atoms with Gasteiger partial charge in [0, 0.05) is 0 Å². The molecule has 0 aliphatic carbocycles. The first-order valence-electron chi connectivity index (χ1n) is 6.41. The molecule has 110 valence electrons. The van der Waals surface area contributed by atoms with E-state index in [0.717, 1.165) is 11.3 Å². The highest BCUT2D eigenvalue weighted by Gasteiger charge is 2.21. The highest BCUT2D eigenvalue weighted by molar-refractivity contribution is 6.33. The number of rotatable bonds is 5. The fraction of sp³-hybridized carbons (Fsp3) is 0.188. The average molecular weight is 306 g/mol. The Bertz CT molecular complexity index is 658. The maximum absolute atomic E-state index is 11.5. The molecule has 0 aromatic heterocycles. The van der Waals surface area contributed by atoms with Crippen LogP contribution in [0.15, 0.2) is 42.5 Å². The van der Waals surface area contributed by atoms with Crippen LogP contribution in [0.5, 0.6) is 5.75 Å². The number of hydrogen-bond acceptors (Lipinski definition) is 3. The molecule has 5 heteroatoms. The molecule has 1 unspecified atom stereocenters. The zero-order valence-corrected chi connectivity index (χ0v) is 12.5. The largest absolute Gasteiger partial charge is 0.496 e. The lowest BCUT2D eigenvalue weighted by Crippen LogP contribution is -2.20. The van der Waals surface area contributed by atoms with Crippen molar-refractivity contribution in [1.82, 2.24) is 0 Å². The maximum Gasteiger partial charge on any atom is 0.330 e. The second-order valence-electron chi connectivity index (χ2n) is 4.62. The fourth-order valence-electron chi connectivity index (χ4n) is 2.10. The third kappa shape index (κ3) is 3.47. The zero-order valence-electron chi connectivity index (χ0n) is 11.8. The van der Waals surface area contributed by atoms with E-state index in [9.17, 15) is 9.90 Å². The van der Waals surface area contributed by atoms with Crippen LogP contribution < -0.4 is 10.1 Å². The van der Waals surface area contributed by atoms with Crippen molar-refractivity contribution < 1.29 is 14.6 Å². The summed E-state index contributed by atoms with van der Waals surface area (Å²) in [6.07, 6.45) is 0. The standard InChI is InChI=1S/C16H16ClNO3/c1-10-9-11(7-8-14(10)21-2)15(16(19)20)18-13-6-4-3-5-12(13)17/h3-9,15,18H,1-2H3,(H,19,20). The second-order valence-corrected chi connectivity index (χ2v) is 5.03. The molecule has 2 N–H and O–H groups in total. The number of methoxy groups -OCH3 is 1. The Labute approximate surface area is 128 Å². The number of halogens is 1. The number of ether oxygens (including phenoxy) is 1. The number of hydrogen-bond donors (Lipinski definition) is 2. The van der Waals surface area contributed by atoms with E-state index in [1.54, 1.807) is 49.6 Å². The van der Waals surface area contributed by atoms with E-state index in [4.69, 9.17) is 16.3 Å². The summed E-state index contributed by atoms with van der Waals surface area (Å²) in [5.41, 5.74) is 2.10. The van der Waals surface area contributed by atoms with Crippen LogP contribution in [0, 0.1) is 6.92 Å². The lowest BCUT2D eigenvalue weighted by Gasteiger charge is -2.18. The fourth-order valence-corrected chi connectivity index (χ4v) is 2.29. The molecule has 0 aliphatic heterocycles. The topological polar surface area (TPSA) is 58.6 Å². The van der Waals surface area contributed by atoms with Crippen LogP contribution in [-0.4, -0.2) is 18.2 Å². The van der Waals surface area contributed by atoms with E-state index >= 15 is 0 Å². The molecule has 2 rings (SSSR count). The van der Waals surface area contributed by atoms with Gasteiger partial charge in [-0.15, -0.1) is 0 Å². The molecule has 4 nitrogen and oxygen atoms in total. The van der Waals surface area contributed by atoms with Crippen LogP contribution in [-0.2, 0) is 4.79 Å². The molecule has 0 aliphatic rings. The molecule has 21 heavy (non-hydrogen) atoms. The summed E-state index contributed by atoms with van der Waals surface area (Å²) in [6, 6.07) is 11.4. The van der Waals surface area contributed by atoms with Gasteiger partial charge in [-0.2, -0.15) is 0 Å². The predicted molar refractivity (Wildman–Crippen MR) is 83.2 cm³/mol. The Kier molecular flexibility index (Phi) is 4.70. The van der Waals surface area contributed by atoms with Crippen LogP contribution in [0.1, 0.15) is 17.2 Å². The van der Waals surface area contributed by atoms with Gasteiger partial charge in [0.15, 0.2) is 6.04 Å². The van der Waals surface area contributed by atoms with Crippen molar-refractivity contribution in [3.05, 3.63) is 58.6 Å². The average Bonchev–Trinajstić information content (AvgIpc) is 2.46. The van der Waals surface area contributed by atoms with Gasteiger partial charge < -0.3 is 15.2 Å². The summed E-state index contributed by atoms with van der Waals surface area (Å²) in [5.74, 6) is -0.250. The molecule has 0 saturated heterocycles. The molecule has 0 amide bonds. The Morgan fingerprint density at radius 3 is 2.57 bits per heavy atom. The number of aliphatic carboxylic acids is 1. The molecule has 0 spiro atoms. The summed E-state index contributed by atoms with van der Waals surface area (Å²) in [4.78, 5) is 11.5. The molecule has 0 radical (unpaired) electrons. The number of para-hydroxylation sites is 1. The molecule has 0 fully saturated rings. The molecule has 2 aromatic carbocycles. The highest BCUT2D eigenvalue weighted by atomic mass is 35.5. The van der Waals surface area contributed by atoms with Gasteiger partial charge in [0.05, 0.1) is 17.8 Å². The molecule has 2 aromatic rings. The van der Waals surface area contributed by atoms with Gasteiger partial charge in [0.2, 0.25) is 0 Å². The van der Waals surface area contributed by atoms with Gasteiger partial charge in [-0.25, -0.2) is 4.79 Å². The van der Waals surface area contributed by atoms with Gasteiger partial charge in [0.25, 0.3) is 0 Å². The lowest BCUT2D eigenvalue weighted by molar-refractivity contribution is -0.138. The smallest absolute Gasteiger partial charge is 0.330 e. The van der Waals surface area contributed by atoms with Gasteiger partial charge in [-0.3, -0.25) is 0 Å². The zero-order chi connectivity index (χ0) is 15.4. The van der Waals surface area contributed by atoms with Crippen molar-refractivity contribution in [3.63, 3.8) is 0 Å². The summed E-state index contributed by atoms with van der Waals surface area (Å²) in [7, 11) is 1.58. The summed E-state index contributed by atoms with van der Waals surface area (Å²) in [5, 5.41) is 12.9. The normalized spacial score (nSPS) is 11.8. The minimum atomic E-state index is -0.973. The van der Waals surface area contributed by atoms with E-state index in [-0.39, 0.29) is 0 Å². The van der Waals surface area contributed by atoms with Crippen molar-refractivity contribution in [2.45, 2.75) is 13.0 Å². The quantitative estimate of drug-likeness (QED) is 0.879. The summed E-state index contributed by atoms with van der Waals surface area (Å²) < 4.78 is 5.19. The highest BCUT2D eigenvalue weighted by Crippen LogP contribution is 2.28. The Balaban J connectivity index is 2.34. The summed E-state index contributed by atoms with van der Waals surface area (Å²) in [6.45, 7) is 1.87. The van der Waals surface area contributed by atoms with Gasteiger partial charge in [0.1, 0.15) is 5.75 Å². The third-order valence-electron chi connectivity index (χ3n) is 3.17. The van der Waals surface area contributed by atoms with Crippen molar-refractivity contribution >= 4 is 23.3 Å². The SMILES string of the molecule is COc1ccc(C(Nc2ccccc2Cl)C(=O)O)cc1C. The van der Waals surface area contributed by atoms with Crippen LogP contribution in [0.4, 0.5) is 5.69 Å². The number of aryl methyl sites for hydroxylation is 1. The number of carboxylic acid groups (broad SMARTS) is 1. The van der Waals surface area contributed by atoms with Crippen LogP contribution in [0.25, 0.3) is 0 Å². The minimum absolute atomic E-state index is 0.481. The van der Waals surface area contributed by atoms with Crippen molar-refractivity contribution in [2.24, 2.45) is 0 Å². The molecule has 0 saturated carbocycles. The summed E-state index contributed by atoms with van der Waals surface area (Å²) >= 11 is 6.06. The van der Waals surface area contributed by atoms with Crippen LogP contribution in [0.2, 0.25) is 5.02 Å². The Morgan fingerprint density at radius 2 is 2.00 bits per heavy atom. The number of benzene rings is 2. The van der Waals surface area contributed by atoms with Crippen LogP contribution in [0.3, 0.4) is 0 Å². The number of nitrogens with one attached hydrogen (secondary N) is 1. The van der Waals surface area contributed by atoms with Gasteiger partial charge in [-0.1, -0.05) is 29.8 Å². The van der Waals surface area contributed by atoms with E-state index in [2.05, 4.69) is 5.32 Å². The van der Waals surface area contributed by atoms with Crippen molar-refractivity contribution in [3.8, 4) is 5.75 Å². The molecular formula is C16H16ClNO3. The van der Waals surface area contributed by atoms with Crippen molar-refractivity contribution in [2.75, 3.05) is 12.4 Å². The van der Waals surface area contributed by atoms with E-state index in [1.165, 1.54) is 0 Å². The van der Waals surface area contributed by atoms with Crippen molar-refractivity contribution in [1.29, 1.82) is 0 Å². The lowest BCUT2D eigenvalue weighted by atomic mass is 10.0. The van der Waals surface area contributed by atoms with E-state index in [0.29, 0.717) is 16.3 Å². The van der Waals surface area contributed by atoms with E-state index in [1.807, 2.05) is 6.92 Å². The first-order valence-corrected chi connectivity index (χ1v) is 6.79. The molecule has 0 bridgehead atoms. The number of carboxylic acids is 1. The van der Waals surface area contributed by atoms with E-state index < -0.39 is 12.0 Å². The molecular weight excluding hydrogens is 290 g/mol. The number of carbonyl (C=O) groups is 1. The monoisotopic (exact) mass is 305 g/mol. The predicted octanol–water partition coefficient (Wildman–Crippen LogP) is 3.89. The second kappa shape index (κ2) is 6.50. The first-order chi connectivity index (χ1) is 10.0. The first kappa shape index (κ1) is 15.2. The third-order valence-corrected chi connectivity index (χ3v) is 3.50. The number of anilines is 1. The van der Waals surface area contributed by atoms with Crippen LogP contribution >= 0.6 is 11.6 Å². The maximum atomic E-state index is 11.5.